The van der Waals surface area contributed by atoms with Gasteiger partial charge in [0.1, 0.15) is 0 Å². The molecular weight excluding hydrogens is 372 g/mol. The van der Waals surface area contributed by atoms with Crippen LogP contribution in [0.2, 0.25) is 0 Å². The summed E-state index contributed by atoms with van der Waals surface area (Å²) >= 11 is 0. The summed E-state index contributed by atoms with van der Waals surface area (Å²) in [7, 11) is 3.05. The number of ether oxygens (including phenoxy) is 4. The van der Waals surface area contributed by atoms with Gasteiger partial charge in [0, 0.05) is 5.56 Å². The van der Waals surface area contributed by atoms with Crippen LogP contribution in [0.3, 0.4) is 0 Å². The maximum atomic E-state index is 9.90. The number of rotatable bonds is 5. The van der Waals surface area contributed by atoms with Crippen molar-refractivity contribution in [2.75, 3.05) is 20.8 Å². The molecule has 6 nitrogen and oxygen atoms in total. The van der Waals surface area contributed by atoms with Crippen molar-refractivity contribution in [2.24, 2.45) is 0 Å². The average molecular weight is 394 g/mol. The van der Waals surface area contributed by atoms with Crippen LogP contribution in [0.25, 0.3) is 11.1 Å². The van der Waals surface area contributed by atoms with E-state index in [1.807, 2.05) is 42.5 Å². The normalized spacial score (nSPS) is 17.6. The molecule has 0 fully saturated rings. The number of benzene rings is 3. The molecule has 150 valence electrons. The Morgan fingerprint density at radius 3 is 2.31 bits per heavy atom. The minimum absolute atomic E-state index is 0.0296. The minimum atomic E-state index is -0.645. The van der Waals surface area contributed by atoms with Crippen molar-refractivity contribution in [3.8, 4) is 39.9 Å². The van der Waals surface area contributed by atoms with E-state index < -0.39 is 12.2 Å². The lowest BCUT2D eigenvalue weighted by molar-refractivity contribution is -0.0141. The van der Waals surface area contributed by atoms with Crippen LogP contribution in [0.1, 0.15) is 11.7 Å². The number of hydrogen-bond donors (Lipinski definition) is 2. The van der Waals surface area contributed by atoms with Crippen LogP contribution in [0.4, 0.5) is 0 Å². The smallest absolute Gasteiger partial charge is 0.204 e. The molecular formula is C23H22O6. The second-order valence-electron chi connectivity index (χ2n) is 6.68. The summed E-state index contributed by atoms with van der Waals surface area (Å²) in [6.45, 7) is -0.253. The molecule has 0 spiro atoms. The van der Waals surface area contributed by atoms with Gasteiger partial charge in [0.05, 0.1) is 20.8 Å². The van der Waals surface area contributed by atoms with Gasteiger partial charge >= 0.3 is 0 Å². The van der Waals surface area contributed by atoms with E-state index in [0.29, 0.717) is 28.6 Å². The van der Waals surface area contributed by atoms with Gasteiger partial charge < -0.3 is 29.2 Å². The SMILES string of the molecule is COc1cc([C@H]2Oc3cc(-c4ccccc4)cc(OC)c3O[C@@H]2CO)ccc1O. The van der Waals surface area contributed by atoms with Crippen LogP contribution in [0.15, 0.2) is 60.7 Å². The third-order valence-electron chi connectivity index (χ3n) is 4.92. The highest BCUT2D eigenvalue weighted by atomic mass is 16.6. The highest BCUT2D eigenvalue weighted by Gasteiger charge is 2.35. The van der Waals surface area contributed by atoms with E-state index in [4.69, 9.17) is 18.9 Å². The lowest BCUT2D eigenvalue weighted by atomic mass is 10.0. The van der Waals surface area contributed by atoms with E-state index in [1.165, 1.54) is 13.2 Å². The Morgan fingerprint density at radius 1 is 0.862 bits per heavy atom. The maximum absolute atomic E-state index is 9.90. The summed E-state index contributed by atoms with van der Waals surface area (Å²) in [4.78, 5) is 0. The Balaban J connectivity index is 1.77. The third-order valence-corrected chi connectivity index (χ3v) is 4.92. The number of fused-ring (bicyclic) bond motifs is 1. The van der Waals surface area contributed by atoms with Crippen LogP contribution in [-0.2, 0) is 0 Å². The van der Waals surface area contributed by atoms with E-state index >= 15 is 0 Å². The first-order chi connectivity index (χ1) is 14.1. The molecule has 0 saturated heterocycles. The summed E-state index contributed by atoms with van der Waals surface area (Å²) in [5, 5.41) is 19.8. The van der Waals surface area contributed by atoms with Crippen LogP contribution in [-0.4, -0.2) is 37.1 Å². The maximum Gasteiger partial charge on any atom is 0.204 e. The number of methoxy groups -OCH3 is 2. The first kappa shape index (κ1) is 19.0. The van der Waals surface area contributed by atoms with Crippen molar-refractivity contribution < 1.29 is 29.2 Å². The van der Waals surface area contributed by atoms with Gasteiger partial charge in [0.15, 0.2) is 35.2 Å². The van der Waals surface area contributed by atoms with Gasteiger partial charge in [-0.3, -0.25) is 0 Å². The molecule has 6 heteroatoms. The molecule has 4 rings (SSSR count). The molecule has 0 unspecified atom stereocenters. The number of phenolic OH excluding ortho intramolecular Hbond substituents is 1. The van der Waals surface area contributed by atoms with Crippen LogP contribution < -0.4 is 18.9 Å². The fourth-order valence-corrected chi connectivity index (χ4v) is 3.44. The Labute approximate surface area is 168 Å². The fourth-order valence-electron chi connectivity index (χ4n) is 3.44. The second-order valence-corrected chi connectivity index (χ2v) is 6.68. The molecule has 0 radical (unpaired) electrons. The molecule has 0 amide bonds. The van der Waals surface area contributed by atoms with E-state index in [-0.39, 0.29) is 12.4 Å². The van der Waals surface area contributed by atoms with Crippen molar-refractivity contribution in [1.82, 2.24) is 0 Å². The molecule has 2 atom stereocenters. The fraction of sp³-hybridized carbons (Fsp3) is 0.217. The summed E-state index contributed by atoms with van der Waals surface area (Å²) in [6, 6.07) is 18.6. The molecule has 0 bridgehead atoms. The van der Waals surface area contributed by atoms with Crippen molar-refractivity contribution in [3.63, 3.8) is 0 Å². The third kappa shape index (κ3) is 3.54. The van der Waals surface area contributed by atoms with Crippen molar-refractivity contribution >= 4 is 0 Å². The monoisotopic (exact) mass is 394 g/mol. The molecule has 0 aliphatic carbocycles. The molecule has 29 heavy (non-hydrogen) atoms. The number of hydrogen-bond acceptors (Lipinski definition) is 6. The first-order valence-electron chi connectivity index (χ1n) is 9.23. The number of phenols is 1. The van der Waals surface area contributed by atoms with E-state index in [2.05, 4.69) is 0 Å². The molecule has 1 aliphatic heterocycles. The van der Waals surface area contributed by atoms with E-state index in [9.17, 15) is 10.2 Å². The second kappa shape index (κ2) is 7.93. The zero-order valence-corrected chi connectivity index (χ0v) is 16.2. The number of aromatic hydroxyl groups is 1. The molecule has 1 aliphatic rings. The van der Waals surface area contributed by atoms with Crippen molar-refractivity contribution in [2.45, 2.75) is 12.2 Å². The highest BCUT2D eigenvalue weighted by molar-refractivity contribution is 5.71. The summed E-state index contributed by atoms with van der Waals surface area (Å²) < 4.78 is 23.0. The molecule has 3 aromatic carbocycles. The Kier molecular flexibility index (Phi) is 5.18. The molecule has 2 N–H and O–H groups in total. The van der Waals surface area contributed by atoms with Gasteiger partial charge in [-0.15, -0.1) is 0 Å². The first-order valence-corrected chi connectivity index (χ1v) is 9.23. The predicted molar refractivity (Wildman–Crippen MR) is 108 cm³/mol. The van der Waals surface area contributed by atoms with Gasteiger partial charge in [-0.25, -0.2) is 0 Å². The molecule has 1 heterocycles. The quantitative estimate of drug-likeness (QED) is 0.682. The molecule has 0 saturated carbocycles. The van der Waals surface area contributed by atoms with Gasteiger partial charge in [-0.05, 0) is 35.4 Å². The van der Waals surface area contributed by atoms with Gasteiger partial charge in [0.2, 0.25) is 5.75 Å². The van der Waals surface area contributed by atoms with Crippen molar-refractivity contribution in [1.29, 1.82) is 0 Å². The zero-order chi connectivity index (χ0) is 20.4. The van der Waals surface area contributed by atoms with Crippen LogP contribution in [0, 0.1) is 0 Å². The molecule has 3 aromatic rings. The van der Waals surface area contributed by atoms with Gasteiger partial charge in [0.25, 0.3) is 0 Å². The largest absolute Gasteiger partial charge is 0.504 e. The predicted octanol–water partition coefficient (Wildman–Crippen LogP) is 3.95. The van der Waals surface area contributed by atoms with Crippen LogP contribution in [0.5, 0.6) is 28.7 Å². The number of aliphatic hydroxyl groups excluding tert-OH is 1. The van der Waals surface area contributed by atoms with Gasteiger partial charge in [-0.1, -0.05) is 36.4 Å². The average Bonchev–Trinajstić information content (AvgIpc) is 2.78. The Morgan fingerprint density at radius 2 is 1.62 bits per heavy atom. The topological polar surface area (TPSA) is 77.4 Å². The minimum Gasteiger partial charge on any atom is -0.504 e. The Hall–Kier alpha value is -3.38. The standard InChI is InChI=1S/C23H22O6/c1-26-18-10-15(8-9-17(18)25)22-21(13-24)29-23-19(27-2)11-16(12-20(23)28-22)14-6-4-3-5-7-14/h3-12,21-22,24-25H,13H2,1-2H3/t21-,22-/m1/s1. The summed E-state index contributed by atoms with van der Waals surface area (Å²) in [5.74, 6) is 1.85. The van der Waals surface area contributed by atoms with Crippen molar-refractivity contribution in [3.05, 3.63) is 66.2 Å². The highest BCUT2D eigenvalue weighted by Crippen LogP contribution is 2.48. The zero-order valence-electron chi connectivity index (χ0n) is 16.2. The van der Waals surface area contributed by atoms with Crippen LogP contribution >= 0.6 is 0 Å². The lowest BCUT2D eigenvalue weighted by Crippen LogP contribution is -2.36. The lowest BCUT2D eigenvalue weighted by Gasteiger charge is -2.34. The van der Waals surface area contributed by atoms with E-state index in [1.54, 1.807) is 19.2 Å². The van der Waals surface area contributed by atoms with E-state index in [0.717, 1.165) is 11.1 Å². The molecule has 0 aromatic heterocycles. The summed E-state index contributed by atoms with van der Waals surface area (Å²) in [6.07, 6.45) is -1.23. The van der Waals surface area contributed by atoms with Gasteiger partial charge in [-0.2, -0.15) is 0 Å². The number of aliphatic hydroxyl groups is 1. The Bertz CT molecular complexity index is 1000. The summed E-state index contributed by atoms with van der Waals surface area (Å²) in [5.41, 5.74) is 2.66.